The van der Waals surface area contributed by atoms with Gasteiger partial charge >= 0.3 is 0 Å². The van der Waals surface area contributed by atoms with Crippen molar-refractivity contribution in [3.8, 4) is 0 Å². The summed E-state index contributed by atoms with van der Waals surface area (Å²) in [6, 6.07) is 0.462. The maximum Gasteiger partial charge on any atom is 0.185 e. The van der Waals surface area contributed by atoms with E-state index in [4.69, 9.17) is 11.6 Å². The number of hydrogen-bond acceptors (Lipinski definition) is 3. The molecule has 1 aromatic heterocycles. The molecule has 0 saturated carbocycles. The highest BCUT2D eigenvalue weighted by Gasteiger charge is 2.12. The third kappa shape index (κ3) is 2.85. The van der Waals surface area contributed by atoms with Crippen molar-refractivity contribution in [2.24, 2.45) is 0 Å². The molecule has 0 amide bonds. The lowest BCUT2D eigenvalue weighted by Gasteiger charge is -2.24. The molecule has 13 heavy (non-hydrogen) atoms. The molecule has 0 saturated heterocycles. The maximum atomic E-state index is 5.73. The Morgan fingerprint density at radius 3 is 2.69 bits per heavy atom. The highest BCUT2D eigenvalue weighted by Crippen LogP contribution is 2.21. The largest absolute Gasteiger partial charge is 0.344 e. The molecule has 0 atom stereocenters. The van der Waals surface area contributed by atoms with E-state index in [-0.39, 0.29) is 0 Å². The van der Waals surface area contributed by atoms with Gasteiger partial charge in [-0.2, -0.15) is 0 Å². The van der Waals surface area contributed by atoms with E-state index >= 15 is 0 Å². The normalized spacial score (nSPS) is 10.8. The van der Waals surface area contributed by atoms with Gasteiger partial charge in [0.05, 0.1) is 5.69 Å². The van der Waals surface area contributed by atoms with E-state index in [1.54, 1.807) is 11.3 Å². The van der Waals surface area contributed by atoms with Crippen molar-refractivity contribution in [3.05, 3.63) is 11.1 Å². The fourth-order valence-corrected chi connectivity index (χ4v) is 2.28. The minimum Gasteiger partial charge on any atom is -0.344 e. The minimum atomic E-state index is 0.462. The summed E-state index contributed by atoms with van der Waals surface area (Å²) in [6.45, 7) is 7.19. The lowest BCUT2D eigenvalue weighted by Crippen LogP contribution is -2.32. The van der Waals surface area contributed by atoms with Crippen molar-refractivity contribution in [1.82, 2.24) is 4.98 Å². The molecule has 0 unspecified atom stereocenters. The average molecular weight is 219 g/mol. The lowest BCUT2D eigenvalue weighted by atomic mass is 10.3. The maximum absolute atomic E-state index is 5.73. The SMILES string of the molecule is Cc1csc(N(CCCl)C(C)C)n1. The summed E-state index contributed by atoms with van der Waals surface area (Å²) in [6.07, 6.45) is 0. The van der Waals surface area contributed by atoms with Crippen LogP contribution in [0.4, 0.5) is 5.13 Å². The standard InChI is InChI=1S/C9H15ClN2S/c1-7(2)12(5-4-10)9-11-8(3)6-13-9/h6-7H,4-5H2,1-3H3. The van der Waals surface area contributed by atoms with Crippen molar-refractivity contribution in [2.45, 2.75) is 26.8 Å². The summed E-state index contributed by atoms with van der Waals surface area (Å²) in [5, 5.41) is 3.15. The van der Waals surface area contributed by atoms with Crippen molar-refractivity contribution < 1.29 is 0 Å². The fourth-order valence-electron chi connectivity index (χ4n) is 1.14. The molecule has 0 aliphatic carbocycles. The molecule has 0 bridgehead atoms. The van der Waals surface area contributed by atoms with Gasteiger partial charge in [0.2, 0.25) is 0 Å². The molecule has 1 aromatic rings. The first-order chi connectivity index (χ1) is 6.15. The van der Waals surface area contributed by atoms with Crippen molar-refractivity contribution in [2.75, 3.05) is 17.3 Å². The van der Waals surface area contributed by atoms with Gasteiger partial charge < -0.3 is 4.90 Å². The predicted molar refractivity (Wildman–Crippen MR) is 60.1 cm³/mol. The van der Waals surface area contributed by atoms with Crippen LogP contribution in [0.1, 0.15) is 19.5 Å². The smallest absolute Gasteiger partial charge is 0.185 e. The second-order valence-corrected chi connectivity index (χ2v) is 4.46. The first-order valence-electron chi connectivity index (χ1n) is 4.40. The molecule has 0 radical (unpaired) electrons. The van der Waals surface area contributed by atoms with Gasteiger partial charge in [-0.1, -0.05) is 0 Å². The first kappa shape index (κ1) is 10.8. The molecule has 74 valence electrons. The Morgan fingerprint density at radius 1 is 1.62 bits per heavy atom. The van der Waals surface area contributed by atoms with E-state index in [9.17, 15) is 0 Å². The summed E-state index contributed by atoms with van der Waals surface area (Å²) in [5.74, 6) is 0.650. The number of aryl methyl sites for hydroxylation is 1. The summed E-state index contributed by atoms with van der Waals surface area (Å²) in [7, 11) is 0. The van der Waals surface area contributed by atoms with Crippen LogP contribution < -0.4 is 4.90 Å². The van der Waals surface area contributed by atoms with E-state index in [2.05, 4.69) is 29.1 Å². The summed E-state index contributed by atoms with van der Waals surface area (Å²) in [4.78, 5) is 6.66. The Morgan fingerprint density at radius 2 is 2.31 bits per heavy atom. The van der Waals surface area contributed by atoms with Crippen molar-refractivity contribution >= 4 is 28.1 Å². The van der Waals surface area contributed by atoms with E-state index in [1.807, 2.05) is 6.92 Å². The predicted octanol–water partition coefficient (Wildman–Crippen LogP) is 2.91. The van der Waals surface area contributed by atoms with Gasteiger partial charge in [-0.15, -0.1) is 22.9 Å². The van der Waals surface area contributed by atoms with Crippen LogP contribution in [0.5, 0.6) is 0 Å². The second kappa shape index (κ2) is 4.82. The minimum absolute atomic E-state index is 0.462. The average Bonchev–Trinajstić information content (AvgIpc) is 2.46. The van der Waals surface area contributed by atoms with Crippen LogP contribution in [0.2, 0.25) is 0 Å². The Balaban J connectivity index is 2.75. The number of aromatic nitrogens is 1. The van der Waals surface area contributed by atoms with Gasteiger partial charge in [0.1, 0.15) is 0 Å². The van der Waals surface area contributed by atoms with E-state index in [1.165, 1.54) is 0 Å². The molecule has 0 N–H and O–H groups in total. The molecule has 1 rings (SSSR count). The van der Waals surface area contributed by atoms with E-state index < -0.39 is 0 Å². The van der Waals surface area contributed by atoms with Crippen LogP contribution in [0.25, 0.3) is 0 Å². The second-order valence-electron chi connectivity index (χ2n) is 3.25. The zero-order valence-electron chi connectivity index (χ0n) is 8.25. The Hall–Kier alpha value is -0.280. The van der Waals surface area contributed by atoms with Gasteiger partial charge in [0, 0.05) is 23.8 Å². The van der Waals surface area contributed by atoms with Crippen molar-refractivity contribution in [3.63, 3.8) is 0 Å². The molecule has 2 nitrogen and oxygen atoms in total. The van der Waals surface area contributed by atoms with Crippen LogP contribution in [0, 0.1) is 6.92 Å². The third-order valence-corrected chi connectivity index (χ3v) is 2.97. The van der Waals surface area contributed by atoms with Gasteiger partial charge in [0.25, 0.3) is 0 Å². The van der Waals surface area contributed by atoms with Crippen LogP contribution >= 0.6 is 22.9 Å². The quantitative estimate of drug-likeness (QED) is 0.723. The first-order valence-corrected chi connectivity index (χ1v) is 5.81. The molecular formula is C9H15ClN2S. The number of thiazole rings is 1. The molecule has 4 heteroatoms. The highest BCUT2D eigenvalue weighted by atomic mass is 35.5. The van der Waals surface area contributed by atoms with Crippen LogP contribution in [0.3, 0.4) is 0 Å². The van der Waals surface area contributed by atoms with Gasteiger partial charge in [-0.05, 0) is 20.8 Å². The number of rotatable bonds is 4. The number of hydrogen-bond donors (Lipinski definition) is 0. The highest BCUT2D eigenvalue weighted by molar-refractivity contribution is 7.13. The van der Waals surface area contributed by atoms with Crippen LogP contribution in [0.15, 0.2) is 5.38 Å². The topological polar surface area (TPSA) is 16.1 Å². The summed E-state index contributed by atoms with van der Waals surface area (Å²) in [5.41, 5.74) is 1.08. The lowest BCUT2D eigenvalue weighted by molar-refractivity contribution is 0.702. The van der Waals surface area contributed by atoms with Crippen LogP contribution in [-0.2, 0) is 0 Å². The number of nitrogens with zero attached hydrogens (tertiary/aromatic N) is 2. The molecule has 0 aromatic carbocycles. The van der Waals surface area contributed by atoms with E-state index in [0.29, 0.717) is 11.9 Å². The summed E-state index contributed by atoms with van der Waals surface area (Å²) >= 11 is 7.41. The zero-order chi connectivity index (χ0) is 9.84. The zero-order valence-corrected chi connectivity index (χ0v) is 9.82. The Labute approximate surface area is 88.5 Å². The van der Waals surface area contributed by atoms with Gasteiger partial charge in [-0.25, -0.2) is 4.98 Å². The molecule has 0 aliphatic rings. The molecule has 0 spiro atoms. The Kier molecular flexibility index (Phi) is 4.00. The van der Waals surface area contributed by atoms with Gasteiger partial charge in [0.15, 0.2) is 5.13 Å². The monoisotopic (exact) mass is 218 g/mol. The summed E-state index contributed by atoms with van der Waals surface area (Å²) < 4.78 is 0. The molecule has 1 heterocycles. The fraction of sp³-hybridized carbons (Fsp3) is 0.667. The van der Waals surface area contributed by atoms with Crippen LogP contribution in [-0.4, -0.2) is 23.5 Å². The third-order valence-electron chi connectivity index (χ3n) is 1.80. The molecular weight excluding hydrogens is 204 g/mol. The molecule has 0 aliphatic heterocycles. The number of anilines is 1. The van der Waals surface area contributed by atoms with Gasteiger partial charge in [-0.3, -0.25) is 0 Å². The molecule has 0 fully saturated rings. The number of alkyl halides is 1. The Bertz CT molecular complexity index is 260. The number of halogens is 1. The van der Waals surface area contributed by atoms with E-state index in [0.717, 1.165) is 17.4 Å². The van der Waals surface area contributed by atoms with Crippen molar-refractivity contribution in [1.29, 1.82) is 0 Å².